The van der Waals surface area contributed by atoms with Crippen LogP contribution in [0, 0.1) is 10.8 Å². The third-order valence-electron chi connectivity index (χ3n) is 6.20. The number of ketones is 1. The SMILES string of the molecule is CCCC1=NN(c2ccc(C(C)C)cc2)C(=O)C1=C1C=C(C(C)(C)C)C(=O)C(C(C)(C)C)=C1. The zero-order valence-electron chi connectivity index (χ0n) is 21.7. The summed E-state index contributed by atoms with van der Waals surface area (Å²) in [5.41, 5.74) is 5.00. The Morgan fingerprint density at radius 2 is 1.39 bits per heavy atom. The summed E-state index contributed by atoms with van der Waals surface area (Å²) < 4.78 is 0. The van der Waals surface area contributed by atoms with Crippen LogP contribution in [0.2, 0.25) is 0 Å². The lowest BCUT2D eigenvalue weighted by atomic mass is 9.71. The van der Waals surface area contributed by atoms with Crippen LogP contribution in [0.1, 0.15) is 86.6 Å². The van der Waals surface area contributed by atoms with Crippen molar-refractivity contribution in [3.05, 3.63) is 64.3 Å². The zero-order chi connectivity index (χ0) is 24.7. The van der Waals surface area contributed by atoms with Gasteiger partial charge in [-0.1, -0.05) is 80.9 Å². The molecule has 1 amide bonds. The van der Waals surface area contributed by atoms with Gasteiger partial charge in [-0.2, -0.15) is 10.1 Å². The molecule has 1 aromatic carbocycles. The van der Waals surface area contributed by atoms with Crippen molar-refractivity contribution in [3.63, 3.8) is 0 Å². The van der Waals surface area contributed by atoms with Crippen molar-refractivity contribution < 1.29 is 9.59 Å². The maximum Gasteiger partial charge on any atom is 0.281 e. The minimum atomic E-state index is -0.330. The predicted octanol–water partition coefficient (Wildman–Crippen LogP) is 7.14. The average Bonchev–Trinajstić information content (AvgIpc) is 3.03. The molecule has 0 spiro atoms. The van der Waals surface area contributed by atoms with Gasteiger partial charge >= 0.3 is 0 Å². The van der Waals surface area contributed by atoms with Crippen LogP contribution in [-0.4, -0.2) is 17.4 Å². The second-order valence-electron chi connectivity index (χ2n) is 11.4. The molecule has 176 valence electrons. The van der Waals surface area contributed by atoms with Crippen LogP contribution in [0.15, 0.2) is 63.8 Å². The highest BCUT2D eigenvalue weighted by molar-refractivity contribution is 6.31. The summed E-state index contributed by atoms with van der Waals surface area (Å²) in [7, 11) is 0. The summed E-state index contributed by atoms with van der Waals surface area (Å²) in [4.78, 5) is 27.1. The van der Waals surface area contributed by atoms with Crippen LogP contribution in [0.25, 0.3) is 0 Å². The van der Waals surface area contributed by atoms with Crippen molar-refractivity contribution in [2.75, 3.05) is 5.01 Å². The Bertz CT molecular complexity index is 1050. The number of rotatable bonds is 4. The van der Waals surface area contributed by atoms with E-state index in [1.807, 2.05) is 65.8 Å². The van der Waals surface area contributed by atoms with Gasteiger partial charge in [-0.25, -0.2) is 0 Å². The second kappa shape index (κ2) is 8.89. The quantitative estimate of drug-likeness (QED) is 0.462. The highest BCUT2D eigenvalue weighted by atomic mass is 16.2. The van der Waals surface area contributed by atoms with E-state index in [-0.39, 0.29) is 22.5 Å². The number of carbonyl (C=O) groups is 2. The Morgan fingerprint density at radius 1 is 0.879 bits per heavy atom. The lowest BCUT2D eigenvalue weighted by molar-refractivity contribution is -0.115. The van der Waals surface area contributed by atoms with Crippen LogP contribution in [0.5, 0.6) is 0 Å². The first-order valence-corrected chi connectivity index (χ1v) is 12.0. The summed E-state index contributed by atoms with van der Waals surface area (Å²) >= 11 is 0. The fourth-order valence-corrected chi connectivity index (χ4v) is 4.21. The minimum Gasteiger partial charge on any atom is -0.289 e. The van der Waals surface area contributed by atoms with E-state index in [9.17, 15) is 9.59 Å². The van der Waals surface area contributed by atoms with Gasteiger partial charge in [0.2, 0.25) is 0 Å². The summed E-state index contributed by atoms with van der Waals surface area (Å²) in [5, 5.41) is 6.27. The molecule has 0 radical (unpaired) electrons. The molecule has 1 aliphatic carbocycles. The molecule has 0 unspecified atom stereocenters. The number of hydrogen-bond acceptors (Lipinski definition) is 3. The highest BCUT2D eigenvalue weighted by Gasteiger charge is 2.38. The fraction of sp³-hybridized carbons (Fsp3) is 0.483. The molecule has 0 atom stereocenters. The van der Waals surface area contributed by atoms with E-state index in [1.165, 1.54) is 10.6 Å². The van der Waals surface area contributed by atoms with Crippen molar-refractivity contribution in [1.82, 2.24) is 0 Å². The largest absolute Gasteiger partial charge is 0.289 e. The van der Waals surface area contributed by atoms with E-state index in [1.54, 1.807) is 0 Å². The molecule has 0 fully saturated rings. The van der Waals surface area contributed by atoms with Gasteiger partial charge in [-0.3, -0.25) is 9.59 Å². The zero-order valence-corrected chi connectivity index (χ0v) is 21.7. The van der Waals surface area contributed by atoms with E-state index in [0.29, 0.717) is 17.9 Å². The smallest absolute Gasteiger partial charge is 0.281 e. The molecule has 1 aromatic rings. The van der Waals surface area contributed by atoms with E-state index < -0.39 is 0 Å². The molecule has 4 nitrogen and oxygen atoms in total. The van der Waals surface area contributed by atoms with Gasteiger partial charge in [0.1, 0.15) is 0 Å². The predicted molar refractivity (Wildman–Crippen MR) is 137 cm³/mol. The monoisotopic (exact) mass is 446 g/mol. The topological polar surface area (TPSA) is 49.7 Å². The van der Waals surface area contributed by atoms with E-state index in [0.717, 1.165) is 34.5 Å². The molecule has 0 aromatic heterocycles. The van der Waals surface area contributed by atoms with E-state index in [2.05, 4.69) is 32.9 Å². The Balaban J connectivity index is 2.19. The van der Waals surface area contributed by atoms with Crippen LogP contribution in [-0.2, 0) is 9.59 Å². The molecule has 3 rings (SSSR count). The maximum absolute atomic E-state index is 13.7. The number of Topliss-reactive ketones (excluding diaryl/α,β-unsaturated/α-hetero) is 1. The summed E-state index contributed by atoms with van der Waals surface area (Å²) in [6.07, 6.45) is 5.42. The third-order valence-corrected chi connectivity index (χ3v) is 6.20. The molecule has 0 N–H and O–H groups in total. The van der Waals surface area contributed by atoms with Gasteiger partial charge in [-0.05, 0) is 58.6 Å². The van der Waals surface area contributed by atoms with Gasteiger partial charge in [0, 0.05) is 11.1 Å². The summed E-state index contributed by atoms with van der Waals surface area (Å²) in [6.45, 7) is 18.7. The molecular formula is C29H38N2O2. The first kappa shape index (κ1) is 24.9. The molecule has 0 saturated carbocycles. The van der Waals surface area contributed by atoms with Crippen LogP contribution < -0.4 is 5.01 Å². The number of benzene rings is 1. The van der Waals surface area contributed by atoms with Crippen molar-refractivity contribution in [1.29, 1.82) is 0 Å². The maximum atomic E-state index is 13.7. The number of hydrogen-bond donors (Lipinski definition) is 0. The highest BCUT2D eigenvalue weighted by Crippen LogP contribution is 2.40. The molecule has 33 heavy (non-hydrogen) atoms. The normalized spacial score (nSPS) is 17.6. The Morgan fingerprint density at radius 3 is 1.82 bits per heavy atom. The number of hydrazone groups is 1. The molecule has 1 heterocycles. The minimum absolute atomic E-state index is 0.0694. The van der Waals surface area contributed by atoms with E-state index >= 15 is 0 Å². The lowest BCUT2D eigenvalue weighted by Crippen LogP contribution is -2.29. The Kier molecular flexibility index (Phi) is 6.70. The number of anilines is 1. The first-order valence-electron chi connectivity index (χ1n) is 12.0. The molecule has 1 aliphatic heterocycles. The van der Waals surface area contributed by atoms with Crippen LogP contribution >= 0.6 is 0 Å². The summed E-state index contributed by atoms with van der Waals surface area (Å²) in [6, 6.07) is 8.04. The number of amides is 1. The van der Waals surface area contributed by atoms with Gasteiger partial charge in [0.05, 0.1) is 17.0 Å². The fourth-order valence-electron chi connectivity index (χ4n) is 4.21. The molecule has 4 heteroatoms. The molecule has 0 saturated heterocycles. The number of allylic oxidation sites excluding steroid dienone is 5. The molecule has 0 bridgehead atoms. The van der Waals surface area contributed by atoms with Gasteiger partial charge in [0.25, 0.3) is 5.91 Å². The Hall–Kier alpha value is -2.75. The van der Waals surface area contributed by atoms with Gasteiger partial charge in [-0.15, -0.1) is 0 Å². The van der Waals surface area contributed by atoms with Crippen molar-refractivity contribution in [3.8, 4) is 0 Å². The van der Waals surface area contributed by atoms with Crippen LogP contribution in [0.4, 0.5) is 5.69 Å². The van der Waals surface area contributed by atoms with Crippen molar-refractivity contribution in [2.45, 2.75) is 81.1 Å². The average molecular weight is 447 g/mol. The molecule has 2 aliphatic rings. The van der Waals surface area contributed by atoms with Crippen LogP contribution in [0.3, 0.4) is 0 Å². The second-order valence-corrected chi connectivity index (χ2v) is 11.4. The van der Waals surface area contributed by atoms with Crippen molar-refractivity contribution >= 4 is 23.1 Å². The Labute approximate surface area is 199 Å². The lowest BCUT2D eigenvalue weighted by Gasteiger charge is -2.31. The number of carbonyl (C=O) groups excluding carboxylic acids is 2. The van der Waals surface area contributed by atoms with Crippen molar-refractivity contribution in [2.24, 2.45) is 15.9 Å². The third kappa shape index (κ3) is 4.95. The molecular weight excluding hydrogens is 408 g/mol. The summed E-state index contributed by atoms with van der Waals surface area (Å²) in [5.74, 6) is 0.362. The van der Waals surface area contributed by atoms with E-state index in [4.69, 9.17) is 5.10 Å². The number of nitrogens with zero attached hydrogens (tertiary/aromatic N) is 2. The van der Waals surface area contributed by atoms with Gasteiger partial charge in [0.15, 0.2) is 5.78 Å². The standard InChI is InChI=1S/C29H38N2O2/c1-10-11-24-25(27(33)31(30-24)21-14-12-19(13-15-21)18(2)3)20-16-22(28(4,5)6)26(32)23(17-20)29(7,8)9/h12-18H,10-11H2,1-9H3. The van der Waals surface area contributed by atoms with Gasteiger partial charge < -0.3 is 0 Å². The first-order chi connectivity index (χ1) is 15.3.